The van der Waals surface area contributed by atoms with Crippen molar-refractivity contribution in [2.45, 2.75) is 32.4 Å². The molecule has 4 nitrogen and oxygen atoms in total. The summed E-state index contributed by atoms with van der Waals surface area (Å²) in [6, 6.07) is 4.64. The lowest BCUT2D eigenvalue weighted by molar-refractivity contribution is 0.171. The predicted molar refractivity (Wildman–Crippen MR) is 94.6 cm³/mol. The van der Waals surface area contributed by atoms with E-state index in [0.717, 1.165) is 42.5 Å². The van der Waals surface area contributed by atoms with Crippen LogP contribution in [0.5, 0.6) is 0 Å². The van der Waals surface area contributed by atoms with Gasteiger partial charge in [0.15, 0.2) is 10.8 Å². The van der Waals surface area contributed by atoms with E-state index in [1.54, 1.807) is 28.6 Å². The Labute approximate surface area is 143 Å². The Morgan fingerprint density at radius 3 is 2.96 bits per heavy atom. The van der Waals surface area contributed by atoms with Gasteiger partial charge in [-0.2, -0.15) is 0 Å². The number of thiazole rings is 1. The second kappa shape index (κ2) is 6.47. The first-order chi connectivity index (χ1) is 11.3. The van der Waals surface area contributed by atoms with E-state index in [4.69, 9.17) is 4.98 Å². The van der Waals surface area contributed by atoms with Gasteiger partial charge in [0, 0.05) is 41.8 Å². The largest absolute Gasteiger partial charge is 0.290 e. The third kappa shape index (κ3) is 2.94. The zero-order valence-corrected chi connectivity index (χ0v) is 14.6. The van der Waals surface area contributed by atoms with Gasteiger partial charge in [0.25, 0.3) is 0 Å². The molecular weight excluding hydrogens is 324 g/mol. The summed E-state index contributed by atoms with van der Waals surface area (Å²) in [4.78, 5) is 17.4. The summed E-state index contributed by atoms with van der Waals surface area (Å²) in [5.41, 5.74) is 2.64. The molecule has 4 heterocycles. The molecule has 1 aliphatic rings. The van der Waals surface area contributed by atoms with Crippen molar-refractivity contribution in [2.24, 2.45) is 0 Å². The van der Waals surface area contributed by atoms with Crippen molar-refractivity contribution in [3.63, 3.8) is 0 Å². The number of aromatic nitrogens is 3. The van der Waals surface area contributed by atoms with Crippen LogP contribution in [0.2, 0.25) is 0 Å². The summed E-state index contributed by atoms with van der Waals surface area (Å²) >= 11 is 3.52. The molecule has 23 heavy (non-hydrogen) atoms. The molecule has 0 spiro atoms. The quantitative estimate of drug-likeness (QED) is 0.713. The van der Waals surface area contributed by atoms with E-state index in [2.05, 4.69) is 38.6 Å². The molecule has 0 N–H and O–H groups in total. The topological polar surface area (TPSA) is 41.9 Å². The van der Waals surface area contributed by atoms with Crippen molar-refractivity contribution in [2.75, 3.05) is 6.54 Å². The Kier molecular flexibility index (Phi) is 4.20. The zero-order valence-electron chi connectivity index (χ0n) is 13.0. The number of fused-ring (bicyclic) bond motifs is 1. The second-order valence-corrected chi connectivity index (χ2v) is 7.52. The van der Waals surface area contributed by atoms with Crippen LogP contribution in [0.25, 0.3) is 10.8 Å². The van der Waals surface area contributed by atoms with Crippen molar-refractivity contribution in [3.8, 4) is 10.8 Å². The monoisotopic (exact) mass is 342 g/mol. The van der Waals surface area contributed by atoms with Gasteiger partial charge in [-0.3, -0.25) is 4.90 Å². The molecular formula is C17H18N4S2. The number of nitrogens with zero attached hydrogens (tertiary/aromatic N) is 4. The lowest BCUT2D eigenvalue weighted by Gasteiger charge is -2.34. The Hall–Kier alpha value is -1.63. The molecule has 3 aromatic heterocycles. The lowest BCUT2D eigenvalue weighted by Crippen LogP contribution is -2.34. The second-order valence-electron chi connectivity index (χ2n) is 5.66. The molecule has 3 aromatic rings. The van der Waals surface area contributed by atoms with Gasteiger partial charge in [0.05, 0.1) is 5.69 Å². The number of hydrogen-bond acceptors (Lipinski definition) is 6. The van der Waals surface area contributed by atoms with Crippen molar-refractivity contribution < 1.29 is 0 Å². The van der Waals surface area contributed by atoms with Crippen LogP contribution in [0.15, 0.2) is 35.3 Å². The standard InChI is InChI=1S/C17H18N4S2/c1-2-14-13-5-9-22-15(13)4-8-21(14)10-12-11-23-17(20-12)16-18-6-3-7-19-16/h3,5-7,9,11,14H,2,4,8,10H2,1H3/t14-/m0/s1. The third-order valence-electron chi connectivity index (χ3n) is 4.27. The summed E-state index contributed by atoms with van der Waals surface area (Å²) in [7, 11) is 0. The minimum atomic E-state index is 0.517. The fraction of sp³-hybridized carbons (Fsp3) is 0.353. The van der Waals surface area contributed by atoms with Crippen LogP contribution in [0.3, 0.4) is 0 Å². The summed E-state index contributed by atoms with van der Waals surface area (Å²) < 4.78 is 0. The van der Waals surface area contributed by atoms with Crippen molar-refractivity contribution >= 4 is 22.7 Å². The van der Waals surface area contributed by atoms with Gasteiger partial charge in [-0.1, -0.05) is 6.92 Å². The lowest BCUT2D eigenvalue weighted by atomic mass is 9.98. The summed E-state index contributed by atoms with van der Waals surface area (Å²) in [6.45, 7) is 4.28. The Morgan fingerprint density at radius 1 is 1.26 bits per heavy atom. The van der Waals surface area contributed by atoms with E-state index in [-0.39, 0.29) is 0 Å². The molecule has 1 atom stereocenters. The maximum atomic E-state index is 4.74. The molecule has 118 valence electrons. The van der Waals surface area contributed by atoms with Crippen LogP contribution in [0.1, 0.15) is 35.5 Å². The van der Waals surface area contributed by atoms with Gasteiger partial charge >= 0.3 is 0 Å². The van der Waals surface area contributed by atoms with Crippen LogP contribution in [0, 0.1) is 0 Å². The first kappa shape index (κ1) is 14.9. The zero-order chi connectivity index (χ0) is 15.6. The highest BCUT2D eigenvalue weighted by atomic mass is 32.1. The van der Waals surface area contributed by atoms with E-state index in [1.807, 2.05) is 17.4 Å². The highest BCUT2D eigenvalue weighted by Crippen LogP contribution is 2.36. The molecule has 0 fully saturated rings. The molecule has 0 aromatic carbocycles. The van der Waals surface area contributed by atoms with E-state index < -0.39 is 0 Å². The average molecular weight is 342 g/mol. The molecule has 0 saturated carbocycles. The molecule has 0 amide bonds. The Balaban J connectivity index is 1.54. The van der Waals surface area contributed by atoms with Crippen LogP contribution in [0.4, 0.5) is 0 Å². The molecule has 1 aliphatic heterocycles. The highest BCUT2D eigenvalue weighted by Gasteiger charge is 2.27. The molecule has 0 unspecified atom stereocenters. The normalized spacial score (nSPS) is 18.0. The summed E-state index contributed by atoms with van der Waals surface area (Å²) in [5, 5.41) is 5.27. The fourth-order valence-corrected chi connectivity index (χ4v) is 4.90. The van der Waals surface area contributed by atoms with Gasteiger partial charge in [0.1, 0.15) is 0 Å². The fourth-order valence-electron chi connectivity index (χ4n) is 3.22. The third-order valence-corrected chi connectivity index (χ3v) is 6.15. The summed E-state index contributed by atoms with van der Waals surface area (Å²) in [5.74, 6) is 0.717. The SMILES string of the molecule is CC[C@H]1c2ccsc2CCN1Cc1csc(-c2ncccn2)n1. The number of thiophene rings is 1. The Bertz CT molecular complexity index is 781. The van der Waals surface area contributed by atoms with Crippen LogP contribution in [-0.4, -0.2) is 26.4 Å². The van der Waals surface area contributed by atoms with Crippen LogP contribution >= 0.6 is 22.7 Å². The first-order valence-electron chi connectivity index (χ1n) is 7.87. The maximum Gasteiger partial charge on any atom is 0.188 e. The van der Waals surface area contributed by atoms with Gasteiger partial charge in [-0.05, 0) is 35.9 Å². The van der Waals surface area contributed by atoms with E-state index >= 15 is 0 Å². The smallest absolute Gasteiger partial charge is 0.188 e. The van der Waals surface area contributed by atoms with Gasteiger partial charge < -0.3 is 0 Å². The van der Waals surface area contributed by atoms with Crippen LogP contribution < -0.4 is 0 Å². The van der Waals surface area contributed by atoms with E-state index in [0.29, 0.717) is 6.04 Å². The molecule has 0 radical (unpaired) electrons. The van der Waals surface area contributed by atoms with E-state index in [9.17, 15) is 0 Å². The maximum absolute atomic E-state index is 4.74. The predicted octanol–water partition coefficient (Wildman–Crippen LogP) is 4.17. The van der Waals surface area contributed by atoms with Gasteiger partial charge in [-0.25, -0.2) is 15.0 Å². The summed E-state index contributed by atoms with van der Waals surface area (Å²) in [6.07, 6.45) is 5.82. The molecule has 6 heteroatoms. The van der Waals surface area contributed by atoms with Crippen molar-refractivity contribution in [1.82, 2.24) is 19.9 Å². The average Bonchev–Trinajstić information content (AvgIpc) is 3.24. The number of rotatable bonds is 4. The van der Waals surface area contributed by atoms with Gasteiger partial charge in [0.2, 0.25) is 0 Å². The highest BCUT2D eigenvalue weighted by molar-refractivity contribution is 7.13. The van der Waals surface area contributed by atoms with Crippen molar-refractivity contribution in [1.29, 1.82) is 0 Å². The molecule has 0 aliphatic carbocycles. The molecule has 0 bridgehead atoms. The molecule has 0 saturated heterocycles. The first-order valence-corrected chi connectivity index (χ1v) is 9.63. The minimum absolute atomic E-state index is 0.517. The van der Waals surface area contributed by atoms with Gasteiger partial charge in [-0.15, -0.1) is 22.7 Å². The Morgan fingerprint density at radius 2 is 2.13 bits per heavy atom. The van der Waals surface area contributed by atoms with E-state index in [1.165, 1.54) is 5.56 Å². The number of hydrogen-bond donors (Lipinski definition) is 0. The van der Waals surface area contributed by atoms with Crippen LogP contribution in [-0.2, 0) is 13.0 Å². The minimum Gasteiger partial charge on any atom is -0.290 e. The van der Waals surface area contributed by atoms with Crippen molar-refractivity contribution in [3.05, 3.63) is 51.4 Å². The molecule has 4 rings (SSSR count).